The van der Waals surface area contributed by atoms with E-state index < -0.39 is 5.97 Å². The number of hydrogen-bond acceptors (Lipinski definition) is 4. The Labute approximate surface area is 91.3 Å². The van der Waals surface area contributed by atoms with Crippen molar-refractivity contribution in [1.82, 2.24) is 0 Å². The third-order valence-corrected chi connectivity index (χ3v) is 1.27. The van der Waals surface area contributed by atoms with Crippen molar-refractivity contribution in [3.05, 3.63) is 23.8 Å². The summed E-state index contributed by atoms with van der Waals surface area (Å²) in [4.78, 5) is 10.2. The van der Waals surface area contributed by atoms with Crippen molar-refractivity contribution < 1.29 is 44.6 Å². The number of benzene rings is 1. The number of hydrogen-bond donors (Lipinski definition) is 2. The molecular weight excluding hydrogens is 169 g/mol. The molecule has 0 spiro atoms. The Morgan fingerprint density at radius 3 is 2.50 bits per heavy atom. The summed E-state index contributed by atoms with van der Waals surface area (Å²) >= 11 is 0. The number of aromatic hydroxyl groups is 1. The molecule has 0 saturated heterocycles. The summed E-state index contributed by atoms with van der Waals surface area (Å²) in [6.45, 7) is 0. The van der Waals surface area contributed by atoms with E-state index >= 15 is 0 Å². The molecule has 0 fully saturated rings. The number of anilines is 1. The van der Waals surface area contributed by atoms with Gasteiger partial charge in [0.05, 0.1) is 11.7 Å². The smallest absolute Gasteiger partial charge is 0.545 e. The minimum Gasteiger partial charge on any atom is -0.545 e. The van der Waals surface area contributed by atoms with Crippen molar-refractivity contribution in [2.24, 2.45) is 0 Å². The number of carbonyl (C=O) groups excluding carboxylic acids is 1. The number of nitrogen functional groups attached to an aromatic ring is 1. The Kier molecular flexibility index (Phi) is 4.09. The van der Waals surface area contributed by atoms with Gasteiger partial charge < -0.3 is 20.7 Å². The van der Waals surface area contributed by atoms with Crippen LogP contribution in [0.5, 0.6) is 5.75 Å². The van der Waals surface area contributed by atoms with Gasteiger partial charge in [-0.15, -0.1) is 0 Å². The minimum absolute atomic E-state index is 0. The van der Waals surface area contributed by atoms with Gasteiger partial charge in [-0.25, -0.2) is 0 Å². The summed E-state index contributed by atoms with van der Waals surface area (Å²) < 4.78 is 0. The van der Waals surface area contributed by atoms with Crippen LogP contribution in [0, 0.1) is 0 Å². The zero-order valence-corrected chi connectivity index (χ0v) is 8.57. The summed E-state index contributed by atoms with van der Waals surface area (Å²) in [5.74, 6) is -1.58. The van der Waals surface area contributed by atoms with E-state index in [2.05, 4.69) is 0 Å². The third-order valence-electron chi connectivity index (χ3n) is 1.27. The molecule has 0 aromatic heterocycles. The average Bonchev–Trinajstić information content (AvgIpc) is 1.94. The van der Waals surface area contributed by atoms with Gasteiger partial charge in [0, 0.05) is 5.56 Å². The van der Waals surface area contributed by atoms with Crippen molar-refractivity contribution in [3.8, 4) is 5.75 Å². The molecule has 0 heterocycles. The summed E-state index contributed by atoms with van der Waals surface area (Å²) in [6.07, 6.45) is 0. The Morgan fingerprint density at radius 1 is 1.50 bits per heavy atom. The topological polar surface area (TPSA) is 86.4 Å². The van der Waals surface area contributed by atoms with Crippen LogP contribution in [-0.2, 0) is 0 Å². The van der Waals surface area contributed by atoms with Crippen LogP contribution in [0.15, 0.2) is 18.2 Å². The summed E-state index contributed by atoms with van der Waals surface area (Å²) in [5.41, 5.74) is 5.29. The number of phenols is 1. The molecule has 1 rings (SSSR count). The van der Waals surface area contributed by atoms with Gasteiger partial charge >= 0.3 is 29.6 Å². The molecule has 3 N–H and O–H groups in total. The minimum atomic E-state index is -1.33. The maximum absolute atomic E-state index is 10.2. The first-order valence-corrected chi connectivity index (χ1v) is 2.91. The van der Waals surface area contributed by atoms with Gasteiger partial charge in [0.1, 0.15) is 5.75 Å². The van der Waals surface area contributed by atoms with Crippen molar-refractivity contribution >= 4 is 11.7 Å². The number of carboxylic acids is 1. The fourth-order valence-electron chi connectivity index (χ4n) is 0.671. The maximum Gasteiger partial charge on any atom is 1.00 e. The monoisotopic (exact) mass is 175 g/mol. The predicted octanol–water partition coefficient (Wildman–Crippen LogP) is -3.66. The molecule has 0 bridgehead atoms. The molecule has 0 radical (unpaired) electrons. The molecule has 1 aromatic rings. The Hall–Kier alpha value is -0.710. The first-order valence-electron chi connectivity index (χ1n) is 2.91. The molecule has 0 atom stereocenters. The third kappa shape index (κ3) is 2.41. The van der Waals surface area contributed by atoms with E-state index in [9.17, 15) is 9.90 Å². The molecule has 58 valence electrons. The molecule has 0 aliphatic heterocycles. The van der Waals surface area contributed by atoms with Gasteiger partial charge in [-0.2, -0.15) is 0 Å². The second kappa shape index (κ2) is 4.35. The molecule has 4 nitrogen and oxygen atoms in total. The second-order valence-electron chi connectivity index (χ2n) is 2.06. The van der Waals surface area contributed by atoms with Crippen LogP contribution in [-0.4, -0.2) is 11.1 Å². The fraction of sp³-hybridized carbons (Fsp3) is 0. The Morgan fingerprint density at radius 2 is 2.08 bits per heavy atom. The van der Waals surface area contributed by atoms with Crippen LogP contribution >= 0.6 is 0 Å². The van der Waals surface area contributed by atoms with Gasteiger partial charge in [-0.05, 0) is 12.1 Å². The van der Waals surface area contributed by atoms with E-state index in [1.165, 1.54) is 12.1 Å². The summed E-state index contributed by atoms with van der Waals surface area (Å²) in [7, 11) is 0. The molecule has 0 aliphatic rings. The summed E-state index contributed by atoms with van der Waals surface area (Å²) in [5, 5.41) is 19.1. The van der Waals surface area contributed by atoms with Crippen molar-refractivity contribution in [3.63, 3.8) is 0 Å². The molecule has 0 saturated carbocycles. The van der Waals surface area contributed by atoms with Crippen LogP contribution < -0.4 is 40.4 Å². The molecule has 12 heavy (non-hydrogen) atoms. The first-order chi connectivity index (χ1) is 5.11. The van der Waals surface area contributed by atoms with E-state index in [0.717, 1.165) is 6.07 Å². The number of aromatic carboxylic acids is 1. The Bertz CT molecular complexity index is 301. The standard InChI is InChI=1S/C7H7NO3.Na/c8-5-2-1-4(7(10)11)3-6(5)9;/h1-3,9H,8H2,(H,10,11);/q;+1/p-1. The van der Waals surface area contributed by atoms with Crippen LogP contribution in [0.2, 0.25) is 0 Å². The van der Waals surface area contributed by atoms with Gasteiger partial charge in [0.15, 0.2) is 0 Å². The number of phenolic OH excluding ortho intramolecular Hbond substituents is 1. The Balaban J connectivity index is 0.00000121. The van der Waals surface area contributed by atoms with Crippen molar-refractivity contribution in [2.45, 2.75) is 0 Å². The van der Waals surface area contributed by atoms with Crippen LogP contribution in [0.3, 0.4) is 0 Å². The fourth-order valence-corrected chi connectivity index (χ4v) is 0.671. The normalized spacial score (nSPS) is 8.67. The van der Waals surface area contributed by atoms with Gasteiger partial charge in [0.25, 0.3) is 0 Å². The van der Waals surface area contributed by atoms with Crippen molar-refractivity contribution in [1.29, 1.82) is 0 Å². The number of carboxylic acid groups (broad SMARTS) is 1. The van der Waals surface area contributed by atoms with Crippen LogP contribution in [0.1, 0.15) is 10.4 Å². The average molecular weight is 175 g/mol. The van der Waals surface area contributed by atoms with E-state index in [0.29, 0.717) is 0 Å². The first kappa shape index (κ1) is 11.3. The van der Waals surface area contributed by atoms with Crippen LogP contribution in [0.25, 0.3) is 0 Å². The van der Waals surface area contributed by atoms with Gasteiger partial charge in [-0.1, -0.05) is 6.07 Å². The molecule has 1 aromatic carbocycles. The van der Waals surface area contributed by atoms with Gasteiger partial charge in [-0.3, -0.25) is 0 Å². The quantitative estimate of drug-likeness (QED) is 0.262. The van der Waals surface area contributed by atoms with E-state index in [1.54, 1.807) is 0 Å². The van der Waals surface area contributed by atoms with Gasteiger partial charge in [0.2, 0.25) is 0 Å². The molecule has 0 aliphatic carbocycles. The number of nitrogens with two attached hydrogens (primary N) is 1. The molecular formula is C7H6NNaO3. The largest absolute Gasteiger partial charge is 1.00 e. The second-order valence-corrected chi connectivity index (χ2v) is 2.06. The molecule has 0 unspecified atom stereocenters. The maximum atomic E-state index is 10.2. The van der Waals surface area contributed by atoms with E-state index in [4.69, 9.17) is 10.8 Å². The number of carbonyl (C=O) groups is 1. The van der Waals surface area contributed by atoms with Crippen molar-refractivity contribution in [2.75, 3.05) is 5.73 Å². The molecule has 0 amide bonds. The van der Waals surface area contributed by atoms with E-state index in [1.807, 2.05) is 0 Å². The predicted molar refractivity (Wildman–Crippen MR) is 36.8 cm³/mol. The SMILES string of the molecule is Nc1ccc(C(=O)[O-])cc1O.[Na+]. The number of rotatable bonds is 1. The zero-order chi connectivity index (χ0) is 8.43. The van der Waals surface area contributed by atoms with Crippen LogP contribution in [0.4, 0.5) is 5.69 Å². The zero-order valence-electron chi connectivity index (χ0n) is 6.57. The molecule has 5 heteroatoms. The van der Waals surface area contributed by atoms with E-state index in [-0.39, 0.29) is 46.6 Å². The summed E-state index contributed by atoms with van der Waals surface area (Å²) in [6, 6.07) is 3.62.